The van der Waals surface area contributed by atoms with Gasteiger partial charge in [-0.2, -0.15) is 12.6 Å². The molecule has 0 heterocycles. The number of hydrogen-bond acceptors (Lipinski definition) is 4. The van der Waals surface area contributed by atoms with Crippen LogP contribution >= 0.6 is 25.3 Å². The topological polar surface area (TPSA) is 49.7 Å². The van der Waals surface area contributed by atoms with E-state index in [9.17, 15) is 4.79 Å². The second-order valence-electron chi connectivity index (χ2n) is 9.29. The summed E-state index contributed by atoms with van der Waals surface area (Å²) < 4.78 is 0. The number of carbonyl (C=O) groups excluding carboxylic acids is 1. The average molecular weight is 394 g/mol. The molecule has 3 saturated carbocycles. The van der Waals surface area contributed by atoms with Crippen molar-refractivity contribution in [2.75, 3.05) is 0 Å². The van der Waals surface area contributed by atoms with Gasteiger partial charge in [-0.1, -0.05) is 23.7 Å². The van der Waals surface area contributed by atoms with Crippen molar-refractivity contribution in [1.82, 2.24) is 0 Å². The summed E-state index contributed by atoms with van der Waals surface area (Å²) in [6, 6.07) is 0. The highest BCUT2D eigenvalue weighted by molar-refractivity contribution is 7.99. The van der Waals surface area contributed by atoms with Gasteiger partial charge in [-0.3, -0.25) is 4.79 Å². The van der Waals surface area contributed by atoms with E-state index in [1.165, 1.54) is 32.1 Å². The van der Waals surface area contributed by atoms with Gasteiger partial charge in [0, 0.05) is 11.8 Å². The Morgan fingerprint density at radius 2 is 2.12 bits per heavy atom. The molecule has 0 aliphatic heterocycles. The number of ketones is 1. The Balaban J connectivity index is 1.69. The number of carbonyl (C=O) groups is 1. The molecule has 3 fully saturated rings. The Kier molecular flexibility index (Phi) is 5.00. The van der Waals surface area contributed by atoms with E-state index in [0.717, 1.165) is 32.1 Å². The molecular formula is C21H31NO2S2. The van der Waals surface area contributed by atoms with E-state index in [1.807, 2.05) is 0 Å². The summed E-state index contributed by atoms with van der Waals surface area (Å²) in [7, 11) is 0. The molecular weight excluding hydrogens is 362 g/mol. The molecule has 4 rings (SSSR count). The molecule has 1 unspecified atom stereocenters. The lowest BCUT2D eigenvalue weighted by Crippen LogP contribution is -2.52. The van der Waals surface area contributed by atoms with E-state index in [-0.39, 0.29) is 16.1 Å². The van der Waals surface area contributed by atoms with Crippen molar-refractivity contribution in [1.29, 1.82) is 0 Å². The quantitative estimate of drug-likeness (QED) is 0.152. The van der Waals surface area contributed by atoms with Crippen LogP contribution in [0.1, 0.15) is 71.1 Å². The predicted octanol–water partition coefficient (Wildman–Crippen LogP) is 5.29. The largest absolute Gasteiger partial charge is 0.410 e. The van der Waals surface area contributed by atoms with Crippen LogP contribution < -0.4 is 0 Å². The van der Waals surface area contributed by atoms with Crippen LogP contribution in [0.3, 0.4) is 0 Å². The molecule has 144 valence electrons. The van der Waals surface area contributed by atoms with Gasteiger partial charge in [-0.05, 0) is 81.0 Å². The monoisotopic (exact) mass is 393 g/mol. The van der Waals surface area contributed by atoms with Gasteiger partial charge in [-0.25, -0.2) is 0 Å². The second-order valence-corrected chi connectivity index (χ2v) is 10.4. The first-order chi connectivity index (χ1) is 12.4. The minimum atomic E-state index is -0.123. The summed E-state index contributed by atoms with van der Waals surface area (Å²) in [5.41, 5.74) is 1.72. The molecule has 6 atom stereocenters. The zero-order chi connectivity index (χ0) is 18.5. The van der Waals surface area contributed by atoms with E-state index in [1.54, 1.807) is 5.57 Å². The molecule has 0 amide bonds. The second kappa shape index (κ2) is 6.88. The summed E-state index contributed by atoms with van der Waals surface area (Å²) in [5.74, 6) is 2.37. The smallest absolute Gasteiger partial charge is 0.139 e. The highest BCUT2D eigenvalue weighted by Gasteiger charge is 2.59. The van der Waals surface area contributed by atoms with Gasteiger partial charge >= 0.3 is 0 Å². The van der Waals surface area contributed by atoms with Gasteiger partial charge in [0.2, 0.25) is 0 Å². The highest BCUT2D eigenvalue weighted by atomic mass is 32.1. The maximum Gasteiger partial charge on any atom is 0.139 e. The zero-order valence-electron chi connectivity index (χ0n) is 15.7. The Morgan fingerprint density at radius 3 is 2.88 bits per heavy atom. The van der Waals surface area contributed by atoms with Gasteiger partial charge in [0.1, 0.15) is 10.8 Å². The molecule has 0 radical (unpaired) electrons. The van der Waals surface area contributed by atoms with Crippen LogP contribution in [-0.2, 0) is 4.79 Å². The summed E-state index contributed by atoms with van der Waals surface area (Å²) >= 11 is 9.08. The summed E-state index contributed by atoms with van der Waals surface area (Å²) in [5, 5.41) is 12.8. The Bertz CT molecular complexity index is 660. The van der Waals surface area contributed by atoms with Crippen molar-refractivity contribution in [2.24, 2.45) is 33.7 Å². The van der Waals surface area contributed by atoms with Crippen molar-refractivity contribution < 1.29 is 10.0 Å². The van der Waals surface area contributed by atoms with E-state index in [0.29, 0.717) is 28.6 Å². The first-order valence-corrected chi connectivity index (χ1v) is 11.2. The third kappa shape index (κ3) is 2.71. The van der Waals surface area contributed by atoms with Gasteiger partial charge < -0.3 is 5.21 Å². The minimum Gasteiger partial charge on any atom is -0.410 e. The number of Topliss-reactive ketones (excluding diaryl/α,β-unsaturated/α-hetero) is 1. The third-order valence-corrected chi connectivity index (χ3v) is 9.45. The number of hydrogen-bond donors (Lipinski definition) is 3. The minimum absolute atomic E-state index is 0.0696. The number of allylic oxidation sites excluding steroid dienone is 2. The molecule has 0 saturated heterocycles. The van der Waals surface area contributed by atoms with Crippen molar-refractivity contribution in [3.8, 4) is 0 Å². The van der Waals surface area contributed by atoms with Crippen molar-refractivity contribution in [3.05, 3.63) is 11.6 Å². The lowest BCUT2D eigenvalue weighted by molar-refractivity contribution is -0.132. The van der Waals surface area contributed by atoms with E-state index in [4.69, 9.17) is 17.8 Å². The SMILES string of the molecule is C[C@]12CC[C@@H]3[C@@H](CCC4=CCCC[C@@]43CC(S)C(S)=NO)[C@@H]1CCC2=O. The van der Waals surface area contributed by atoms with Crippen molar-refractivity contribution in [2.45, 2.75) is 76.4 Å². The molecule has 5 heteroatoms. The summed E-state index contributed by atoms with van der Waals surface area (Å²) in [4.78, 5) is 12.6. The van der Waals surface area contributed by atoms with Gasteiger partial charge in [0.15, 0.2) is 0 Å². The van der Waals surface area contributed by atoms with Gasteiger partial charge in [0.25, 0.3) is 0 Å². The van der Waals surface area contributed by atoms with Crippen LogP contribution in [0.25, 0.3) is 0 Å². The number of thiol groups is 2. The Labute approximate surface area is 167 Å². The van der Waals surface area contributed by atoms with Crippen LogP contribution in [0.15, 0.2) is 16.8 Å². The Morgan fingerprint density at radius 1 is 1.31 bits per heavy atom. The first-order valence-electron chi connectivity index (χ1n) is 10.2. The Hall–Kier alpha value is -0.420. The molecule has 0 aromatic heterocycles. The molecule has 4 aliphatic rings. The van der Waals surface area contributed by atoms with Crippen molar-refractivity contribution >= 4 is 36.1 Å². The summed E-state index contributed by atoms with van der Waals surface area (Å²) in [6.07, 6.45) is 13.5. The molecule has 4 aliphatic carbocycles. The predicted molar refractivity (Wildman–Crippen MR) is 111 cm³/mol. The van der Waals surface area contributed by atoms with Crippen LogP contribution in [0.5, 0.6) is 0 Å². The summed E-state index contributed by atoms with van der Waals surface area (Å²) in [6.45, 7) is 2.24. The standard InChI is InChI=1S/C21H31NO2S2/c1-20-11-9-16-14(15(20)7-8-18(20)23)6-5-13-4-2-3-10-21(13,16)12-17(25)19(26)22-24/h4,14-17,24-25H,2-3,5-12H2,1H3,(H,22,26)/t14-,15-,16+,17?,20-,21+/m0/s1. The van der Waals surface area contributed by atoms with Crippen LogP contribution in [-0.4, -0.2) is 21.3 Å². The van der Waals surface area contributed by atoms with Crippen LogP contribution in [0.4, 0.5) is 0 Å². The van der Waals surface area contributed by atoms with E-state index in [2.05, 4.69) is 30.8 Å². The fraction of sp³-hybridized carbons (Fsp3) is 0.810. The third-order valence-electron chi connectivity index (χ3n) is 8.42. The fourth-order valence-electron chi connectivity index (χ4n) is 7.19. The molecule has 0 aromatic carbocycles. The van der Waals surface area contributed by atoms with Gasteiger partial charge in [0.05, 0.1) is 5.25 Å². The van der Waals surface area contributed by atoms with E-state index >= 15 is 0 Å². The molecule has 0 aromatic rings. The fourth-order valence-corrected chi connectivity index (χ4v) is 7.66. The molecule has 0 bridgehead atoms. The normalized spacial score (nSPS) is 44.0. The molecule has 0 spiro atoms. The first kappa shape index (κ1) is 18.9. The maximum atomic E-state index is 12.6. The highest BCUT2D eigenvalue weighted by Crippen LogP contribution is 2.66. The molecule has 26 heavy (non-hydrogen) atoms. The molecule has 1 N–H and O–H groups in total. The molecule has 3 nitrogen and oxygen atoms in total. The number of nitrogens with zero attached hydrogens (tertiary/aromatic N) is 1. The van der Waals surface area contributed by atoms with Crippen LogP contribution in [0, 0.1) is 28.6 Å². The number of rotatable bonds is 3. The van der Waals surface area contributed by atoms with E-state index < -0.39 is 0 Å². The lowest BCUT2D eigenvalue weighted by atomic mass is 9.46. The number of oxime groups is 1. The van der Waals surface area contributed by atoms with Gasteiger partial charge in [-0.15, -0.1) is 12.6 Å². The van der Waals surface area contributed by atoms with Crippen molar-refractivity contribution in [3.63, 3.8) is 0 Å². The number of fused-ring (bicyclic) bond motifs is 5. The maximum absolute atomic E-state index is 12.6. The lowest BCUT2D eigenvalue weighted by Gasteiger charge is -2.58. The average Bonchev–Trinajstić information content (AvgIpc) is 2.95. The zero-order valence-corrected chi connectivity index (χ0v) is 17.4. The van der Waals surface area contributed by atoms with Crippen LogP contribution in [0.2, 0.25) is 0 Å².